The monoisotopic (exact) mass is 410 g/mol. The van der Waals surface area contributed by atoms with E-state index in [1.807, 2.05) is 35.5 Å². The van der Waals surface area contributed by atoms with Crippen LogP contribution in [0.15, 0.2) is 40.6 Å². The van der Waals surface area contributed by atoms with E-state index in [9.17, 15) is 4.39 Å². The largest absolute Gasteiger partial charge is 0.479 e. The Morgan fingerprint density at radius 2 is 2.27 bits per heavy atom. The van der Waals surface area contributed by atoms with Gasteiger partial charge in [0.1, 0.15) is 30.0 Å². The highest BCUT2D eigenvalue weighted by molar-refractivity contribution is 6.04. The highest BCUT2D eigenvalue weighted by atomic mass is 19.1. The summed E-state index contributed by atoms with van der Waals surface area (Å²) in [7, 11) is 1.57. The number of amidine groups is 1. The van der Waals surface area contributed by atoms with Crippen molar-refractivity contribution < 1.29 is 9.13 Å². The molecule has 0 bridgehead atoms. The van der Waals surface area contributed by atoms with E-state index in [2.05, 4.69) is 30.7 Å². The number of alkyl halides is 1. The molecule has 0 aliphatic carbocycles. The minimum absolute atomic E-state index is 0.296. The molecule has 9 nitrogen and oxygen atoms in total. The second-order valence-electron chi connectivity index (χ2n) is 7.72. The van der Waals surface area contributed by atoms with Gasteiger partial charge < -0.3 is 20.3 Å². The van der Waals surface area contributed by atoms with Crippen LogP contribution in [-0.2, 0) is 0 Å². The van der Waals surface area contributed by atoms with Gasteiger partial charge in [-0.3, -0.25) is 4.99 Å². The lowest BCUT2D eigenvalue weighted by molar-refractivity contribution is 0.127. The summed E-state index contributed by atoms with van der Waals surface area (Å²) in [5, 5.41) is 10.8. The van der Waals surface area contributed by atoms with Crippen molar-refractivity contribution in [1.29, 1.82) is 0 Å². The minimum Gasteiger partial charge on any atom is -0.479 e. The topological polar surface area (TPSA) is 91.4 Å². The van der Waals surface area contributed by atoms with E-state index >= 15 is 0 Å². The van der Waals surface area contributed by atoms with Crippen molar-refractivity contribution in [2.45, 2.75) is 25.1 Å². The summed E-state index contributed by atoms with van der Waals surface area (Å²) >= 11 is 0. The Bertz CT molecular complexity index is 1100. The molecule has 1 saturated heterocycles. The normalized spacial score (nSPS) is 25.7. The molecule has 2 aromatic heterocycles. The summed E-state index contributed by atoms with van der Waals surface area (Å²) in [6.45, 7) is 3.16. The maximum Gasteiger partial charge on any atom is 0.244 e. The van der Waals surface area contributed by atoms with Crippen LogP contribution in [0.2, 0.25) is 0 Å². The predicted molar refractivity (Wildman–Crippen MR) is 114 cm³/mol. The van der Waals surface area contributed by atoms with Gasteiger partial charge in [-0.15, -0.1) is 5.10 Å². The number of nitrogens with zero attached hydrogens (tertiary/aromatic N) is 6. The molecule has 2 N–H and O–H groups in total. The third-order valence-corrected chi connectivity index (χ3v) is 5.60. The maximum absolute atomic E-state index is 14.8. The van der Waals surface area contributed by atoms with Crippen LogP contribution in [-0.4, -0.2) is 70.3 Å². The molecule has 1 fully saturated rings. The van der Waals surface area contributed by atoms with Crippen molar-refractivity contribution in [2.75, 3.05) is 32.2 Å². The van der Waals surface area contributed by atoms with E-state index in [1.165, 1.54) is 0 Å². The lowest BCUT2D eigenvalue weighted by atomic mass is 9.92. The van der Waals surface area contributed by atoms with Gasteiger partial charge >= 0.3 is 0 Å². The zero-order valence-electron chi connectivity index (χ0n) is 16.8. The molecule has 0 spiro atoms. The third-order valence-electron chi connectivity index (χ3n) is 5.60. The fraction of sp³-hybridized carbons (Fsp3) is 0.400. The number of hydrogen-bond donors (Lipinski definition) is 2. The Morgan fingerprint density at radius 1 is 1.37 bits per heavy atom. The number of ether oxygens (including phenoxy) is 1. The number of piperidine rings is 1. The SMILES string of the molecule is COc1nc(N[C@@H]2CCNCC2(C)F)nn2ccc(C3=CN4CN=CN=C4C=C3)c12. The molecule has 10 heteroatoms. The second-order valence-corrected chi connectivity index (χ2v) is 7.72. The van der Waals surface area contributed by atoms with Gasteiger partial charge in [0.2, 0.25) is 11.8 Å². The Morgan fingerprint density at radius 3 is 3.10 bits per heavy atom. The molecule has 5 heterocycles. The number of hydrogen-bond acceptors (Lipinski definition) is 8. The molecule has 0 amide bonds. The van der Waals surface area contributed by atoms with Gasteiger partial charge in [0.25, 0.3) is 0 Å². The fourth-order valence-corrected chi connectivity index (χ4v) is 3.96. The lowest BCUT2D eigenvalue weighted by Crippen LogP contribution is -2.53. The zero-order chi connectivity index (χ0) is 20.7. The second kappa shape index (κ2) is 7.21. The average molecular weight is 410 g/mol. The van der Waals surface area contributed by atoms with Crippen molar-refractivity contribution in [1.82, 2.24) is 24.8 Å². The molecule has 2 aromatic rings. The van der Waals surface area contributed by atoms with Gasteiger partial charge in [-0.25, -0.2) is 13.9 Å². The van der Waals surface area contributed by atoms with Gasteiger partial charge in [-0.2, -0.15) is 4.98 Å². The van der Waals surface area contributed by atoms with Gasteiger partial charge in [-0.05, 0) is 38.1 Å². The van der Waals surface area contributed by atoms with Crippen molar-refractivity contribution in [3.63, 3.8) is 0 Å². The van der Waals surface area contributed by atoms with Gasteiger partial charge in [-0.1, -0.05) is 0 Å². The van der Waals surface area contributed by atoms with Crippen LogP contribution in [0.1, 0.15) is 18.9 Å². The summed E-state index contributed by atoms with van der Waals surface area (Å²) in [5.74, 6) is 1.61. The number of nitrogens with one attached hydrogen (secondary N) is 2. The van der Waals surface area contributed by atoms with E-state index in [4.69, 9.17) is 4.74 Å². The Balaban J connectivity index is 1.49. The van der Waals surface area contributed by atoms with Crippen LogP contribution in [0.25, 0.3) is 11.1 Å². The summed E-state index contributed by atoms with van der Waals surface area (Å²) in [6.07, 6.45) is 10.0. The first-order chi connectivity index (χ1) is 14.5. The number of methoxy groups -OCH3 is 1. The first-order valence-corrected chi connectivity index (χ1v) is 9.88. The summed E-state index contributed by atoms with van der Waals surface area (Å²) in [4.78, 5) is 14.9. The van der Waals surface area contributed by atoms with Crippen molar-refractivity contribution in [3.8, 4) is 5.88 Å². The van der Waals surface area contributed by atoms with Crippen LogP contribution < -0.4 is 15.4 Å². The molecule has 30 heavy (non-hydrogen) atoms. The summed E-state index contributed by atoms with van der Waals surface area (Å²) < 4.78 is 22.1. The molecular weight excluding hydrogens is 387 g/mol. The number of anilines is 1. The van der Waals surface area contributed by atoms with Crippen LogP contribution >= 0.6 is 0 Å². The summed E-state index contributed by atoms with van der Waals surface area (Å²) in [5.41, 5.74) is 1.26. The molecular formula is C20H23FN8O. The van der Waals surface area contributed by atoms with E-state index in [0.717, 1.165) is 29.0 Å². The summed E-state index contributed by atoms with van der Waals surface area (Å²) in [6, 6.07) is 1.59. The number of aliphatic imine (C=N–C) groups is 2. The van der Waals surface area contributed by atoms with Gasteiger partial charge in [0.05, 0.1) is 13.2 Å². The highest BCUT2D eigenvalue weighted by Gasteiger charge is 2.37. The van der Waals surface area contributed by atoms with Crippen LogP contribution in [0.4, 0.5) is 10.3 Å². The average Bonchev–Trinajstić information content (AvgIpc) is 3.18. The molecule has 156 valence electrons. The number of halogens is 1. The molecule has 3 aliphatic heterocycles. The van der Waals surface area contributed by atoms with E-state index in [-0.39, 0.29) is 6.04 Å². The van der Waals surface area contributed by atoms with Gasteiger partial charge in [0, 0.05) is 30.1 Å². The lowest BCUT2D eigenvalue weighted by Gasteiger charge is -2.35. The van der Waals surface area contributed by atoms with Crippen molar-refractivity contribution in [2.24, 2.45) is 9.98 Å². The minimum atomic E-state index is -1.39. The third kappa shape index (κ3) is 3.22. The molecule has 0 radical (unpaired) electrons. The predicted octanol–water partition coefficient (Wildman–Crippen LogP) is 1.85. The number of fused-ring (bicyclic) bond motifs is 2. The number of aromatic nitrogens is 3. The molecule has 1 unspecified atom stereocenters. The van der Waals surface area contributed by atoms with Crippen molar-refractivity contribution >= 4 is 29.2 Å². The molecule has 2 atom stereocenters. The molecule has 5 rings (SSSR count). The zero-order valence-corrected chi connectivity index (χ0v) is 16.8. The quantitative estimate of drug-likeness (QED) is 0.800. The standard InChI is InChI=1S/C20H23FN8O/c1-20(21)10-22-7-5-15(20)25-19-26-18(30-2)17-14(6-8-29(17)27-19)13-3-4-16-24-11-23-12-28(16)9-13/h3-4,6,8-9,11,15,22H,5,7,10,12H2,1-2H3,(H,25,27)/t15-,20?/m1/s1. The maximum atomic E-state index is 14.8. The first kappa shape index (κ1) is 18.7. The van der Waals surface area contributed by atoms with Crippen LogP contribution in [0.5, 0.6) is 5.88 Å². The number of allylic oxidation sites excluding steroid dienone is 2. The van der Waals surface area contributed by atoms with Crippen LogP contribution in [0.3, 0.4) is 0 Å². The highest BCUT2D eigenvalue weighted by Crippen LogP contribution is 2.32. The Labute approximate surface area is 173 Å². The van der Waals surface area contributed by atoms with E-state index in [1.54, 1.807) is 24.9 Å². The van der Waals surface area contributed by atoms with E-state index < -0.39 is 5.67 Å². The molecule has 0 aromatic carbocycles. The van der Waals surface area contributed by atoms with Crippen molar-refractivity contribution in [3.05, 3.63) is 36.2 Å². The Hall–Kier alpha value is -3.27. The molecule has 3 aliphatic rings. The molecule has 0 saturated carbocycles. The smallest absolute Gasteiger partial charge is 0.244 e. The van der Waals surface area contributed by atoms with Crippen LogP contribution in [0, 0.1) is 0 Å². The number of rotatable bonds is 4. The fourth-order valence-electron chi connectivity index (χ4n) is 3.96. The Kier molecular flexibility index (Phi) is 4.50. The van der Waals surface area contributed by atoms with E-state index in [0.29, 0.717) is 31.5 Å². The van der Waals surface area contributed by atoms with Gasteiger partial charge in [0.15, 0.2) is 0 Å². The first-order valence-electron chi connectivity index (χ1n) is 9.88.